The van der Waals surface area contributed by atoms with Crippen LogP contribution in [-0.4, -0.2) is 74.9 Å². The molecular weight excluding hydrogens is 1150 g/mol. The van der Waals surface area contributed by atoms with Crippen LogP contribution in [0.5, 0.6) is 0 Å². The molecule has 0 rings (SSSR count). The number of unbranched alkanes of at least 4 members (excludes halogenated alkanes) is 50. The number of hydrogen-bond donors (Lipinski definition) is 1. The van der Waals surface area contributed by atoms with Gasteiger partial charge in [0.1, 0.15) is 19.8 Å². The molecule has 2 unspecified atom stereocenters. The number of carbonyl (C=O) groups excluding carboxylic acids is 2. The summed E-state index contributed by atoms with van der Waals surface area (Å²) in [6, 6.07) is 0. The predicted octanol–water partition coefficient (Wildman–Crippen LogP) is 26.1. The Morgan fingerprint density at radius 3 is 0.934 bits per heavy atom. The Balaban J connectivity index is 3.93. The highest BCUT2D eigenvalue weighted by Crippen LogP contribution is 2.43. The van der Waals surface area contributed by atoms with E-state index in [-0.39, 0.29) is 25.6 Å². The molecule has 0 radical (unpaired) electrons. The Labute approximate surface area is 566 Å². The molecule has 0 aromatic carbocycles. The Hall–Kier alpha value is -2.29. The van der Waals surface area contributed by atoms with Gasteiger partial charge in [0.05, 0.1) is 27.7 Å². The van der Waals surface area contributed by atoms with Crippen molar-refractivity contribution in [3.8, 4) is 0 Å². The first-order chi connectivity index (χ1) is 44.5. The number of phosphoric acid groups is 1. The molecule has 0 bridgehead atoms. The molecule has 0 aliphatic heterocycles. The van der Waals surface area contributed by atoms with Crippen molar-refractivity contribution in [1.29, 1.82) is 0 Å². The topological polar surface area (TPSA) is 108 Å². The third-order valence-corrected chi connectivity index (χ3v) is 18.8. The molecule has 0 saturated carbocycles. The van der Waals surface area contributed by atoms with Crippen LogP contribution in [0.1, 0.15) is 393 Å². The Morgan fingerprint density at radius 1 is 0.352 bits per heavy atom. The summed E-state index contributed by atoms with van der Waals surface area (Å²) in [6.45, 7) is 4.40. The molecule has 0 fully saturated rings. The molecule has 0 aromatic heterocycles. The van der Waals surface area contributed by atoms with Gasteiger partial charge in [-0.25, -0.2) is 4.57 Å². The number of hydrogen-bond acceptors (Lipinski definition) is 7. The molecule has 9 nitrogen and oxygen atoms in total. The van der Waals surface area contributed by atoms with Crippen molar-refractivity contribution in [3.63, 3.8) is 0 Å². The van der Waals surface area contributed by atoms with Gasteiger partial charge in [-0.1, -0.05) is 383 Å². The number of likely N-dealkylation sites (N-methyl/N-ethyl adjacent to an activating group) is 1. The Kier molecular flexibility index (Phi) is 70.2. The lowest BCUT2D eigenvalue weighted by molar-refractivity contribution is -0.870. The van der Waals surface area contributed by atoms with Crippen molar-refractivity contribution in [1.82, 2.24) is 0 Å². The predicted molar refractivity (Wildman–Crippen MR) is 395 cm³/mol. The first-order valence-corrected chi connectivity index (χ1v) is 41.0. The van der Waals surface area contributed by atoms with E-state index in [2.05, 4.69) is 74.6 Å². The van der Waals surface area contributed by atoms with Crippen molar-refractivity contribution in [3.05, 3.63) is 60.8 Å². The van der Waals surface area contributed by atoms with Gasteiger partial charge in [0, 0.05) is 12.8 Å². The summed E-state index contributed by atoms with van der Waals surface area (Å²) in [7, 11) is 1.50. The van der Waals surface area contributed by atoms with Crippen molar-refractivity contribution in [2.45, 2.75) is 399 Å². The van der Waals surface area contributed by atoms with Gasteiger partial charge >= 0.3 is 19.8 Å². The minimum absolute atomic E-state index is 0.0340. The van der Waals surface area contributed by atoms with Crippen LogP contribution >= 0.6 is 7.82 Å². The fourth-order valence-corrected chi connectivity index (χ4v) is 12.6. The lowest BCUT2D eigenvalue weighted by Gasteiger charge is -2.24. The van der Waals surface area contributed by atoms with E-state index in [1.54, 1.807) is 0 Å². The SMILES string of the molecule is CC/C=C\C/C=C\C/C=C\C/C=C\C/C=C\CCCCCCCCCCCCCCCCCCCCCC(=O)OC(COC(=O)CCCCCCCCCCCCCCCCCCCCCCCCCCCCCCCCCC)COP(=O)(O)OCC[N+](C)(C)C. The van der Waals surface area contributed by atoms with Crippen LogP contribution in [0, 0.1) is 0 Å². The number of nitrogens with zero attached hydrogens (tertiary/aromatic N) is 1. The van der Waals surface area contributed by atoms with Gasteiger partial charge in [0.2, 0.25) is 0 Å². The van der Waals surface area contributed by atoms with E-state index in [1.807, 2.05) is 21.1 Å². The van der Waals surface area contributed by atoms with Crippen LogP contribution in [0.15, 0.2) is 60.8 Å². The molecule has 10 heteroatoms. The second kappa shape index (κ2) is 72.0. The zero-order chi connectivity index (χ0) is 66.2. The first kappa shape index (κ1) is 88.7. The van der Waals surface area contributed by atoms with Gasteiger partial charge in [-0.2, -0.15) is 0 Å². The summed E-state index contributed by atoms with van der Waals surface area (Å²) in [6.07, 6.45) is 96.5. The van der Waals surface area contributed by atoms with Crippen LogP contribution in [0.25, 0.3) is 0 Å². The highest BCUT2D eigenvalue weighted by atomic mass is 31.2. The number of rotatable bonds is 74. The molecule has 0 aromatic rings. The fourth-order valence-electron chi connectivity index (χ4n) is 11.8. The van der Waals surface area contributed by atoms with E-state index in [0.29, 0.717) is 23.9 Å². The third-order valence-electron chi connectivity index (χ3n) is 17.8. The number of carbonyl (C=O) groups is 2. The molecule has 0 aliphatic carbocycles. The quantitative estimate of drug-likeness (QED) is 0.0211. The maximum Gasteiger partial charge on any atom is 0.472 e. The van der Waals surface area contributed by atoms with E-state index in [9.17, 15) is 19.0 Å². The van der Waals surface area contributed by atoms with Gasteiger partial charge < -0.3 is 18.9 Å². The van der Waals surface area contributed by atoms with E-state index in [0.717, 1.165) is 64.2 Å². The van der Waals surface area contributed by atoms with Crippen molar-refractivity contribution < 1.29 is 42.1 Å². The summed E-state index contributed by atoms with van der Waals surface area (Å²) in [4.78, 5) is 36.0. The summed E-state index contributed by atoms with van der Waals surface area (Å²) in [5.74, 6) is -0.774. The molecule has 0 saturated heterocycles. The summed E-state index contributed by atoms with van der Waals surface area (Å²) in [5.41, 5.74) is 0. The molecule has 0 spiro atoms. The molecule has 2 atom stereocenters. The van der Waals surface area contributed by atoms with Crippen LogP contribution in [0.4, 0.5) is 0 Å². The average Bonchev–Trinajstić information content (AvgIpc) is 3.73. The summed E-state index contributed by atoms with van der Waals surface area (Å²) < 4.78 is 34.8. The second-order valence-corrected chi connectivity index (χ2v) is 29.5. The molecule has 1 N–H and O–H groups in total. The first-order valence-electron chi connectivity index (χ1n) is 39.5. The lowest BCUT2D eigenvalue weighted by atomic mass is 10.0. The molecule has 0 heterocycles. The summed E-state index contributed by atoms with van der Waals surface area (Å²) >= 11 is 0. The highest BCUT2D eigenvalue weighted by molar-refractivity contribution is 7.47. The van der Waals surface area contributed by atoms with Gasteiger partial charge in [-0.05, 0) is 57.8 Å². The van der Waals surface area contributed by atoms with Crippen LogP contribution in [-0.2, 0) is 32.7 Å². The van der Waals surface area contributed by atoms with Gasteiger partial charge in [-0.3, -0.25) is 18.6 Å². The molecule has 534 valence electrons. The molecule has 0 aliphatic rings. The molecule has 91 heavy (non-hydrogen) atoms. The number of ether oxygens (including phenoxy) is 2. The smallest absolute Gasteiger partial charge is 0.462 e. The van der Waals surface area contributed by atoms with Crippen LogP contribution in [0.3, 0.4) is 0 Å². The largest absolute Gasteiger partial charge is 0.472 e. The van der Waals surface area contributed by atoms with Crippen LogP contribution in [0.2, 0.25) is 0 Å². The fraction of sp³-hybridized carbons (Fsp3) is 0.852. The van der Waals surface area contributed by atoms with Crippen LogP contribution < -0.4 is 0 Å². The lowest BCUT2D eigenvalue weighted by Crippen LogP contribution is -2.37. The van der Waals surface area contributed by atoms with Gasteiger partial charge in [0.15, 0.2) is 6.10 Å². The van der Waals surface area contributed by atoms with Crippen molar-refractivity contribution in [2.75, 3.05) is 47.5 Å². The zero-order valence-corrected chi connectivity index (χ0v) is 62.0. The minimum atomic E-state index is -4.39. The van der Waals surface area contributed by atoms with Gasteiger partial charge in [-0.15, -0.1) is 0 Å². The van der Waals surface area contributed by atoms with Crippen molar-refractivity contribution in [2.24, 2.45) is 0 Å². The van der Waals surface area contributed by atoms with E-state index >= 15 is 0 Å². The van der Waals surface area contributed by atoms with E-state index < -0.39 is 26.5 Å². The standard InChI is InChI=1S/C81H152NO8P/c1-6-8-10-12-14-16-18-20-22-24-26-28-30-32-34-36-38-40-41-42-44-46-48-50-52-54-56-58-60-62-64-66-68-70-72-74-81(84)90-79(78-89-91(85,86)88-76-75-82(3,4)5)77-87-80(83)73-71-69-67-65-63-61-59-57-55-53-51-49-47-45-43-39-37-35-33-31-29-27-25-23-21-19-17-15-13-11-9-7-2/h8,10,14,16,20,22,26,28,32,34,79H,6-7,9,11-13,15,17-19,21,23-25,27,29-31,33,35-78H2,1-5H3/p+1/b10-8-,16-14-,22-20-,28-26-,34-32-. The number of allylic oxidation sites excluding steroid dienone is 10. The third kappa shape index (κ3) is 76.6. The van der Waals surface area contributed by atoms with Gasteiger partial charge in [0.25, 0.3) is 0 Å². The normalized spacial score (nSPS) is 13.3. The summed E-state index contributed by atoms with van der Waals surface area (Å²) in [5, 5.41) is 0. The second-order valence-electron chi connectivity index (χ2n) is 28.1. The zero-order valence-electron chi connectivity index (χ0n) is 61.1. The number of phosphoric ester groups is 1. The maximum absolute atomic E-state index is 12.9. The number of esters is 2. The Bertz CT molecular complexity index is 1720. The van der Waals surface area contributed by atoms with Crippen molar-refractivity contribution >= 4 is 19.8 Å². The van der Waals surface area contributed by atoms with E-state index in [1.165, 1.54) is 295 Å². The average molecular weight is 1300 g/mol. The number of quaternary nitrogens is 1. The van der Waals surface area contributed by atoms with E-state index in [4.69, 9.17) is 18.5 Å². The highest BCUT2D eigenvalue weighted by Gasteiger charge is 2.27. The maximum atomic E-state index is 12.9. The minimum Gasteiger partial charge on any atom is -0.462 e. The molecular formula is C81H153NO8P+. The monoisotopic (exact) mass is 1300 g/mol. The molecule has 0 amide bonds. The Morgan fingerprint density at radius 2 is 0.626 bits per heavy atom.